The Bertz CT molecular complexity index is 3790. The number of aromatic nitrogens is 2. The van der Waals surface area contributed by atoms with Crippen LogP contribution >= 0.6 is 53.2 Å². The molecule has 8 aromatic rings. The van der Waals surface area contributed by atoms with Gasteiger partial charge in [0, 0.05) is 129 Å². The molecule has 0 saturated carbocycles. The number of hydrogen-bond donors (Lipinski definition) is 3. The predicted octanol–water partition coefficient (Wildman–Crippen LogP) is 9.84. The third-order valence-corrected chi connectivity index (χ3v) is 21.2. The van der Waals surface area contributed by atoms with Gasteiger partial charge in [-0.25, -0.2) is 10.5 Å². The van der Waals surface area contributed by atoms with Crippen LogP contribution in [0.3, 0.4) is 0 Å². The number of Topliss-reactive ketones (excluding diaryl/α,β-unsaturated/α-hetero) is 2. The van der Waals surface area contributed by atoms with E-state index >= 15 is 0 Å². The minimum atomic E-state index is -3.13. The van der Waals surface area contributed by atoms with E-state index in [0.29, 0.717) is 87.8 Å². The molecule has 4 fully saturated rings. The Morgan fingerprint density at radius 2 is 1.03 bits per heavy atom. The van der Waals surface area contributed by atoms with E-state index in [1.165, 1.54) is 22.0 Å². The van der Waals surface area contributed by atoms with Crippen molar-refractivity contribution in [1.82, 2.24) is 39.1 Å². The Labute approximate surface area is 523 Å². The first-order valence-electron chi connectivity index (χ1n) is 29.1. The Hall–Kier alpha value is -6.97. The molecule has 23 heteroatoms. The number of rotatable bonds is 13. The Balaban J connectivity index is 0.000000155. The van der Waals surface area contributed by atoms with Crippen LogP contribution in [-0.4, -0.2) is 151 Å². The monoisotopic (exact) mass is 1270 g/mol. The number of halogens is 2. The largest absolute Gasteiger partial charge is 0.360 e. The van der Waals surface area contributed by atoms with Crippen molar-refractivity contribution in [3.8, 4) is 0 Å². The van der Waals surface area contributed by atoms with Gasteiger partial charge in [0.15, 0.2) is 0 Å². The summed E-state index contributed by atoms with van der Waals surface area (Å²) >= 11 is 16.5. The zero-order chi connectivity index (χ0) is 61.7. The fourth-order valence-electron chi connectivity index (χ4n) is 11.9. The Morgan fingerprint density at radius 3 is 1.48 bits per heavy atom. The van der Waals surface area contributed by atoms with Gasteiger partial charge in [-0.15, -0.1) is 0 Å². The quantitative estimate of drug-likeness (QED) is 0.0323. The summed E-state index contributed by atoms with van der Waals surface area (Å²) < 4.78 is 18.7. The summed E-state index contributed by atoms with van der Waals surface area (Å²) in [4.78, 5) is 93.6. The normalized spacial score (nSPS) is 19.2. The number of thiophene rings is 2. The second kappa shape index (κ2) is 27.6. The van der Waals surface area contributed by atoms with E-state index in [1.54, 1.807) is 87.2 Å². The lowest BCUT2D eigenvalue weighted by atomic mass is 10.0. The number of carbonyl (C=O) groups excluding carboxylic acids is 6. The number of piperazine rings is 2. The molecule has 456 valence electrons. The van der Waals surface area contributed by atoms with Crippen molar-refractivity contribution in [3.05, 3.63) is 174 Å². The molecule has 8 heterocycles. The minimum Gasteiger partial charge on any atom is -0.360 e. The number of aromatic amines is 1. The molecule has 5 N–H and O–H groups in total. The molecule has 87 heavy (non-hydrogen) atoms. The highest BCUT2D eigenvalue weighted by Crippen LogP contribution is 2.42. The van der Waals surface area contributed by atoms with Crippen molar-refractivity contribution in [2.24, 2.45) is 5.90 Å². The predicted molar refractivity (Wildman–Crippen MR) is 345 cm³/mol. The number of likely N-dealkylation sites (tertiary alicyclic amines) is 2. The number of H-pyrrole nitrogens is 1. The molecule has 4 aliphatic rings. The maximum Gasteiger partial charge on any atom is 0.295 e. The van der Waals surface area contributed by atoms with E-state index in [-0.39, 0.29) is 52.1 Å². The lowest BCUT2D eigenvalue weighted by molar-refractivity contribution is -0.126. The van der Waals surface area contributed by atoms with Gasteiger partial charge >= 0.3 is 0 Å². The summed E-state index contributed by atoms with van der Waals surface area (Å²) in [6.45, 7) is 15.1. The van der Waals surface area contributed by atoms with Gasteiger partial charge in [-0.1, -0.05) is 59.6 Å². The molecule has 4 aromatic heterocycles. The molecular formula is C64H71Cl2N10O8PS2. The number of nitrogens with one attached hydrogen (secondary N) is 1. The van der Waals surface area contributed by atoms with Gasteiger partial charge in [-0.3, -0.25) is 47.8 Å². The van der Waals surface area contributed by atoms with E-state index in [1.807, 2.05) is 53.1 Å². The molecule has 4 saturated heterocycles. The number of nitrogen functional groups attached to an aromatic ring is 1. The first-order valence-corrected chi connectivity index (χ1v) is 33.4. The van der Waals surface area contributed by atoms with E-state index < -0.39 is 30.7 Å². The zero-order valence-corrected chi connectivity index (χ0v) is 53.0. The second-order valence-corrected chi connectivity index (χ2v) is 27.5. The number of nitrogens with two attached hydrogens (primary N) is 2. The summed E-state index contributed by atoms with van der Waals surface area (Å²) in [7, 11) is -3.13. The standard InChI is InChI=1S/C26H30ClN5O3S.C26H29ClN4O3S.C12H12NO2P/c1-16-12-31(17(2)11-30(16)13-18-5-8-36-15-18)25(34)20-9-19-21(14-32(28)23(19)10-22(20)27)24(33)26(35)29-6-3-4-7-29;1-16-13-31(17(2)12-30(16)14-18-5-8-35-15-18)25(33)20-9-19-21(11-28-23(19)10-22(20)27)24(32)26(34)29-6-3-4-7-29;13-15-16(14,11-7-3-1-4-8-11)12-9-5-2-6-10-12/h5,8-10,14-17H,3-4,6-7,11-13,28H2,1-2H3;5,8-11,15-17,28H,3-4,6-7,12-14H2,1-2H3;1-10H,13H2/t2*16-,17+;/m00./s1. The summed E-state index contributed by atoms with van der Waals surface area (Å²) in [6, 6.07) is 29.1. The number of benzene rings is 4. The highest BCUT2D eigenvalue weighted by Gasteiger charge is 2.37. The first kappa shape index (κ1) is 63.1. The number of amides is 4. The topological polar surface area (TPSA) is 221 Å². The van der Waals surface area contributed by atoms with Crippen LogP contribution in [0.1, 0.15) is 106 Å². The van der Waals surface area contributed by atoms with E-state index in [4.69, 9.17) is 39.6 Å². The van der Waals surface area contributed by atoms with Crippen molar-refractivity contribution in [1.29, 1.82) is 0 Å². The summed E-state index contributed by atoms with van der Waals surface area (Å²) in [5.41, 5.74) is 4.83. The smallest absolute Gasteiger partial charge is 0.295 e. The maximum atomic E-state index is 13.7. The molecule has 0 spiro atoms. The number of carbonyl (C=O) groups is 6. The van der Waals surface area contributed by atoms with Crippen molar-refractivity contribution >= 4 is 121 Å². The van der Waals surface area contributed by atoms with Gasteiger partial charge < -0.3 is 30.4 Å². The van der Waals surface area contributed by atoms with Crippen LogP contribution in [-0.2, 0) is 31.9 Å². The van der Waals surface area contributed by atoms with Gasteiger partial charge in [-0.05, 0) is 147 Å². The third-order valence-electron chi connectivity index (χ3n) is 16.8. The Kier molecular flexibility index (Phi) is 20.0. The average molecular weight is 1270 g/mol. The van der Waals surface area contributed by atoms with Crippen LogP contribution in [0.4, 0.5) is 0 Å². The van der Waals surface area contributed by atoms with Crippen LogP contribution < -0.4 is 22.3 Å². The van der Waals surface area contributed by atoms with E-state index in [9.17, 15) is 33.3 Å². The number of hydrogen-bond acceptors (Lipinski definition) is 14. The van der Waals surface area contributed by atoms with Crippen LogP contribution in [0, 0.1) is 0 Å². The van der Waals surface area contributed by atoms with Crippen molar-refractivity contribution in [2.75, 3.05) is 58.2 Å². The summed E-state index contributed by atoms with van der Waals surface area (Å²) in [5.74, 6) is 8.77. The van der Waals surface area contributed by atoms with Gasteiger partial charge in [-0.2, -0.15) is 22.7 Å². The van der Waals surface area contributed by atoms with Crippen molar-refractivity contribution in [2.45, 2.75) is 90.6 Å². The number of ketones is 2. The molecule has 4 aromatic carbocycles. The fourth-order valence-corrected chi connectivity index (χ4v) is 15.4. The van der Waals surface area contributed by atoms with E-state index in [0.717, 1.165) is 51.9 Å². The summed E-state index contributed by atoms with van der Waals surface area (Å²) in [6.07, 6.45) is 6.60. The number of nitrogens with zero attached hydrogens (tertiary/aromatic N) is 7. The van der Waals surface area contributed by atoms with Gasteiger partial charge in [0.1, 0.15) is 0 Å². The highest BCUT2D eigenvalue weighted by molar-refractivity contribution is 7.74. The molecule has 0 bridgehead atoms. The molecule has 0 radical (unpaired) electrons. The van der Waals surface area contributed by atoms with Crippen LogP contribution in [0.5, 0.6) is 0 Å². The fraction of sp³-hybridized carbons (Fsp3) is 0.344. The highest BCUT2D eigenvalue weighted by atomic mass is 35.5. The van der Waals surface area contributed by atoms with Gasteiger partial charge in [0.25, 0.3) is 42.6 Å². The van der Waals surface area contributed by atoms with Crippen molar-refractivity contribution in [3.63, 3.8) is 0 Å². The van der Waals surface area contributed by atoms with Crippen LogP contribution in [0.2, 0.25) is 10.0 Å². The zero-order valence-electron chi connectivity index (χ0n) is 49.0. The Morgan fingerprint density at radius 1 is 0.586 bits per heavy atom. The van der Waals surface area contributed by atoms with Gasteiger partial charge in [0.2, 0.25) is 0 Å². The molecular weight excluding hydrogens is 1200 g/mol. The third kappa shape index (κ3) is 13.7. The molecule has 0 unspecified atom stereocenters. The van der Waals surface area contributed by atoms with Gasteiger partial charge in [0.05, 0.1) is 37.8 Å². The van der Waals surface area contributed by atoms with Crippen molar-refractivity contribution < 1.29 is 38.0 Å². The first-order chi connectivity index (χ1) is 41.8. The molecule has 4 atom stereocenters. The SMILES string of the molecule is C[C@@H]1CN(Cc2ccsc2)[C@@H](C)CN1C(=O)c1cc2c(C(=O)C(=O)N3CCCC3)c[nH]c2cc1Cl.C[C@@H]1CN(Cc2ccsc2)[C@@H](C)CN1C(=O)c1cc2c(C(=O)C(=O)N3CCCC3)cn(N)c2cc1Cl.NOP(=O)(c1ccccc1)c1ccccc1. The minimum absolute atomic E-state index is 0.00757. The molecule has 0 aliphatic carbocycles. The lowest BCUT2D eigenvalue weighted by Crippen LogP contribution is -2.57. The second-order valence-electron chi connectivity index (χ2n) is 22.8. The van der Waals surface area contributed by atoms with Crippen LogP contribution in [0.15, 0.2) is 131 Å². The molecule has 4 amide bonds. The number of fused-ring (bicyclic) bond motifs is 2. The summed E-state index contributed by atoms with van der Waals surface area (Å²) in [5, 5.41) is 11.3. The molecule has 18 nitrogen and oxygen atoms in total. The lowest BCUT2D eigenvalue weighted by Gasteiger charge is -2.44. The van der Waals surface area contributed by atoms with Crippen LogP contribution in [0.25, 0.3) is 21.8 Å². The molecule has 12 rings (SSSR count). The molecule has 4 aliphatic heterocycles. The van der Waals surface area contributed by atoms with E-state index in [2.05, 4.69) is 69.2 Å². The maximum absolute atomic E-state index is 13.7. The average Bonchev–Trinajstić information content (AvgIpc) is 2.18.